The highest BCUT2D eigenvalue weighted by Crippen LogP contribution is 2.33. The van der Waals surface area contributed by atoms with Crippen LogP contribution >= 0.6 is 0 Å². The zero-order chi connectivity index (χ0) is 15.6. The van der Waals surface area contributed by atoms with Crippen LogP contribution in [0.5, 0.6) is 0 Å². The maximum Gasteiger partial charge on any atom is 0.227 e. The zero-order valence-corrected chi connectivity index (χ0v) is 13.1. The summed E-state index contributed by atoms with van der Waals surface area (Å²) in [7, 11) is 0. The number of rotatable bonds is 0. The number of hydrogen-bond acceptors (Lipinski definition) is 2. The van der Waals surface area contributed by atoms with Gasteiger partial charge in [0.05, 0.1) is 5.52 Å². The number of benzene rings is 3. The fourth-order valence-corrected chi connectivity index (χ4v) is 3.35. The molecule has 0 saturated carbocycles. The monoisotopic (exact) mass is 297 g/mol. The highest BCUT2D eigenvalue weighted by Gasteiger charge is 2.12. The summed E-state index contributed by atoms with van der Waals surface area (Å²) in [6.07, 6.45) is 0. The maximum absolute atomic E-state index is 6.03. The largest absolute Gasteiger partial charge is 0.438 e. The first-order valence-electron chi connectivity index (χ1n) is 7.83. The van der Waals surface area contributed by atoms with Crippen LogP contribution in [0.4, 0.5) is 0 Å². The minimum Gasteiger partial charge on any atom is -0.438 e. The van der Waals surface area contributed by atoms with Crippen LogP contribution in [0.3, 0.4) is 0 Å². The summed E-state index contributed by atoms with van der Waals surface area (Å²) in [4.78, 5) is 4.84. The van der Waals surface area contributed by atoms with E-state index in [1.807, 2.05) is 0 Å². The van der Waals surface area contributed by atoms with Crippen molar-refractivity contribution in [3.8, 4) is 0 Å². The molecule has 110 valence electrons. The molecule has 5 aromatic rings. The molecule has 0 aliphatic rings. The predicted octanol–water partition coefficient (Wildman–Crippen LogP) is 5.90. The van der Waals surface area contributed by atoms with Gasteiger partial charge in [0.1, 0.15) is 5.58 Å². The van der Waals surface area contributed by atoms with E-state index in [-0.39, 0.29) is 0 Å². The summed E-state index contributed by atoms with van der Waals surface area (Å²) in [6, 6.07) is 19.1. The van der Waals surface area contributed by atoms with E-state index in [9.17, 15) is 0 Å². The second-order valence-electron chi connectivity index (χ2n) is 6.23. The van der Waals surface area contributed by atoms with Gasteiger partial charge in [-0.2, -0.15) is 0 Å². The van der Waals surface area contributed by atoms with Crippen molar-refractivity contribution < 1.29 is 4.42 Å². The molecule has 0 aliphatic heterocycles. The number of aryl methyl sites for hydroxylation is 2. The van der Waals surface area contributed by atoms with Gasteiger partial charge in [-0.15, -0.1) is 0 Å². The number of pyridine rings is 1. The SMILES string of the molecule is Cc1cc2oc3nc4c(ccc5ccccc54)cc3c2cc1C. The molecule has 0 amide bonds. The fraction of sp³-hybridized carbons (Fsp3) is 0.0952. The Morgan fingerprint density at radius 1 is 0.739 bits per heavy atom. The third-order valence-corrected chi connectivity index (χ3v) is 4.77. The molecule has 0 spiro atoms. The molecule has 23 heavy (non-hydrogen) atoms. The van der Waals surface area contributed by atoms with Gasteiger partial charge in [-0.3, -0.25) is 0 Å². The van der Waals surface area contributed by atoms with Crippen LogP contribution in [0, 0.1) is 13.8 Å². The molecule has 5 rings (SSSR count). The summed E-state index contributed by atoms with van der Waals surface area (Å²) >= 11 is 0. The van der Waals surface area contributed by atoms with Gasteiger partial charge in [0, 0.05) is 21.5 Å². The lowest BCUT2D eigenvalue weighted by atomic mass is 10.0. The number of nitrogens with zero attached hydrogens (tertiary/aromatic N) is 1. The zero-order valence-electron chi connectivity index (χ0n) is 13.1. The standard InChI is InChI=1S/C21H15NO/c1-12-9-17-18-11-15-8-7-14-5-3-4-6-16(14)20(15)22-21(18)23-19(17)10-13(12)2/h3-11H,1-2H3. The summed E-state index contributed by atoms with van der Waals surface area (Å²) in [6.45, 7) is 4.25. The lowest BCUT2D eigenvalue weighted by molar-refractivity contribution is 0.655. The minimum atomic E-state index is 0.717. The molecule has 0 saturated heterocycles. The lowest BCUT2D eigenvalue weighted by Crippen LogP contribution is -1.82. The van der Waals surface area contributed by atoms with Crippen molar-refractivity contribution in [3.05, 3.63) is 65.7 Å². The van der Waals surface area contributed by atoms with Crippen molar-refractivity contribution in [3.63, 3.8) is 0 Å². The van der Waals surface area contributed by atoms with E-state index in [4.69, 9.17) is 9.40 Å². The summed E-state index contributed by atoms with van der Waals surface area (Å²) in [5.74, 6) is 0. The minimum absolute atomic E-state index is 0.717. The van der Waals surface area contributed by atoms with E-state index in [2.05, 4.69) is 68.4 Å². The van der Waals surface area contributed by atoms with Crippen LogP contribution in [-0.4, -0.2) is 4.98 Å². The van der Waals surface area contributed by atoms with Crippen LogP contribution in [0.1, 0.15) is 11.1 Å². The molecule has 0 radical (unpaired) electrons. The first-order chi connectivity index (χ1) is 11.2. The Bertz CT molecular complexity index is 1230. The van der Waals surface area contributed by atoms with E-state index < -0.39 is 0 Å². The molecule has 3 aromatic carbocycles. The van der Waals surface area contributed by atoms with Crippen LogP contribution < -0.4 is 0 Å². The van der Waals surface area contributed by atoms with Crippen molar-refractivity contribution in [1.29, 1.82) is 0 Å². The first-order valence-corrected chi connectivity index (χ1v) is 7.83. The number of aromatic nitrogens is 1. The van der Waals surface area contributed by atoms with Crippen molar-refractivity contribution in [2.45, 2.75) is 13.8 Å². The van der Waals surface area contributed by atoms with E-state index in [1.165, 1.54) is 21.9 Å². The summed E-state index contributed by atoms with van der Waals surface area (Å²) in [5, 5.41) is 5.75. The van der Waals surface area contributed by atoms with Gasteiger partial charge >= 0.3 is 0 Å². The second-order valence-corrected chi connectivity index (χ2v) is 6.23. The summed E-state index contributed by atoms with van der Waals surface area (Å²) in [5.41, 5.74) is 5.15. The Hall–Kier alpha value is -2.87. The third kappa shape index (κ3) is 1.72. The molecule has 2 aromatic heterocycles. The Balaban J connectivity index is 1.99. The Labute approximate surface area is 133 Å². The molecule has 2 heteroatoms. The van der Waals surface area contributed by atoms with Gasteiger partial charge in [-0.25, -0.2) is 4.98 Å². The fourth-order valence-electron chi connectivity index (χ4n) is 3.35. The molecule has 0 bridgehead atoms. The molecule has 0 unspecified atom stereocenters. The number of hydrogen-bond donors (Lipinski definition) is 0. The van der Waals surface area contributed by atoms with Crippen LogP contribution in [0.15, 0.2) is 59.0 Å². The molecule has 2 heterocycles. The third-order valence-electron chi connectivity index (χ3n) is 4.77. The Kier molecular flexibility index (Phi) is 2.38. The van der Waals surface area contributed by atoms with Crippen LogP contribution in [0.2, 0.25) is 0 Å². The van der Waals surface area contributed by atoms with Crippen molar-refractivity contribution in [1.82, 2.24) is 4.98 Å². The normalized spacial score (nSPS) is 11.9. The van der Waals surface area contributed by atoms with E-state index >= 15 is 0 Å². The number of furan rings is 1. The quantitative estimate of drug-likeness (QED) is 0.332. The van der Waals surface area contributed by atoms with Gasteiger partial charge in [0.15, 0.2) is 0 Å². The average molecular weight is 297 g/mol. The number of fused-ring (bicyclic) bond motifs is 6. The van der Waals surface area contributed by atoms with Crippen LogP contribution in [-0.2, 0) is 0 Å². The Morgan fingerprint density at radius 2 is 1.52 bits per heavy atom. The highest BCUT2D eigenvalue weighted by molar-refractivity contribution is 6.12. The van der Waals surface area contributed by atoms with Crippen molar-refractivity contribution in [2.75, 3.05) is 0 Å². The van der Waals surface area contributed by atoms with Gasteiger partial charge in [-0.05, 0) is 48.6 Å². The van der Waals surface area contributed by atoms with Crippen LogP contribution in [0.25, 0.3) is 43.7 Å². The van der Waals surface area contributed by atoms with Crippen molar-refractivity contribution in [2.24, 2.45) is 0 Å². The molecule has 0 atom stereocenters. The van der Waals surface area contributed by atoms with Gasteiger partial charge in [0.25, 0.3) is 0 Å². The Morgan fingerprint density at radius 3 is 2.43 bits per heavy atom. The first kappa shape index (κ1) is 12.7. The topological polar surface area (TPSA) is 26.0 Å². The lowest BCUT2D eigenvalue weighted by Gasteiger charge is -2.03. The maximum atomic E-state index is 6.03. The molecule has 0 N–H and O–H groups in total. The second kappa shape index (κ2) is 4.32. The van der Waals surface area contributed by atoms with E-state index in [0.29, 0.717) is 5.71 Å². The smallest absolute Gasteiger partial charge is 0.227 e. The molecule has 2 nitrogen and oxygen atoms in total. The highest BCUT2D eigenvalue weighted by atomic mass is 16.3. The average Bonchev–Trinajstić information content (AvgIpc) is 2.90. The van der Waals surface area contributed by atoms with Gasteiger partial charge < -0.3 is 4.42 Å². The summed E-state index contributed by atoms with van der Waals surface area (Å²) < 4.78 is 6.03. The van der Waals surface area contributed by atoms with E-state index in [0.717, 1.165) is 27.3 Å². The van der Waals surface area contributed by atoms with E-state index in [1.54, 1.807) is 0 Å². The molecular weight excluding hydrogens is 282 g/mol. The molecular formula is C21H15NO. The predicted molar refractivity (Wildman–Crippen MR) is 96.0 cm³/mol. The van der Waals surface area contributed by atoms with Gasteiger partial charge in [0.2, 0.25) is 5.71 Å². The van der Waals surface area contributed by atoms with Crippen molar-refractivity contribution >= 4 is 43.7 Å². The molecule has 0 fully saturated rings. The molecule has 0 aliphatic carbocycles. The van der Waals surface area contributed by atoms with Gasteiger partial charge in [-0.1, -0.05) is 36.4 Å².